The van der Waals surface area contributed by atoms with Gasteiger partial charge < -0.3 is 15.5 Å². The second-order valence-corrected chi connectivity index (χ2v) is 10.2. The molecule has 0 unspecified atom stereocenters. The Kier molecular flexibility index (Phi) is 6.96. The number of benzene rings is 3. The zero-order chi connectivity index (χ0) is 28.6. The topological polar surface area (TPSA) is 90.9 Å². The summed E-state index contributed by atoms with van der Waals surface area (Å²) in [7, 11) is 2.13. The van der Waals surface area contributed by atoms with Crippen molar-refractivity contribution in [2.75, 3.05) is 30.8 Å². The minimum Gasteiger partial charge on any atom is -0.382 e. The van der Waals surface area contributed by atoms with E-state index in [1.807, 2.05) is 36.4 Å². The van der Waals surface area contributed by atoms with Crippen molar-refractivity contribution < 1.29 is 18.0 Å². The molecule has 1 saturated heterocycles. The SMILES string of the molecule is CN1CCC(Nc2ccc(C(=O)Nc3cc(-c4nc5ccccc5n4-c4ccc(C(F)(F)F)cc4)n[nH]3)cc2)CC1. The van der Waals surface area contributed by atoms with E-state index in [4.69, 9.17) is 0 Å². The van der Waals surface area contributed by atoms with Crippen LogP contribution in [0.5, 0.6) is 0 Å². The van der Waals surface area contributed by atoms with Gasteiger partial charge in [0.25, 0.3) is 5.91 Å². The first-order chi connectivity index (χ1) is 19.7. The number of carbonyl (C=O) groups is 1. The van der Waals surface area contributed by atoms with E-state index in [1.165, 1.54) is 12.1 Å². The number of halogens is 3. The predicted octanol–water partition coefficient (Wildman–Crippen LogP) is 6.19. The van der Waals surface area contributed by atoms with Crippen LogP contribution in [0.3, 0.4) is 0 Å². The number of hydrogen-bond acceptors (Lipinski definition) is 5. The number of H-pyrrole nitrogens is 1. The van der Waals surface area contributed by atoms with Gasteiger partial charge in [0.1, 0.15) is 11.5 Å². The molecule has 3 heterocycles. The highest BCUT2D eigenvalue weighted by atomic mass is 19.4. The molecule has 1 aliphatic rings. The number of hydrogen-bond donors (Lipinski definition) is 3. The van der Waals surface area contributed by atoms with Crippen molar-refractivity contribution in [3.8, 4) is 17.2 Å². The van der Waals surface area contributed by atoms with Crippen molar-refractivity contribution in [2.24, 2.45) is 0 Å². The van der Waals surface area contributed by atoms with Crippen LogP contribution < -0.4 is 10.6 Å². The van der Waals surface area contributed by atoms with Crippen molar-refractivity contribution >= 4 is 28.4 Å². The summed E-state index contributed by atoms with van der Waals surface area (Å²) in [5, 5.41) is 13.5. The zero-order valence-electron chi connectivity index (χ0n) is 22.2. The molecular formula is C30H28F3N7O. The van der Waals surface area contributed by atoms with Crippen LogP contribution >= 0.6 is 0 Å². The summed E-state index contributed by atoms with van der Waals surface area (Å²) in [6, 6.07) is 21.6. The molecule has 0 saturated carbocycles. The molecule has 0 spiro atoms. The summed E-state index contributed by atoms with van der Waals surface area (Å²) in [6.07, 6.45) is -2.28. The number of nitrogens with zero attached hydrogens (tertiary/aromatic N) is 4. The Morgan fingerprint density at radius 1 is 0.976 bits per heavy atom. The molecular weight excluding hydrogens is 531 g/mol. The number of likely N-dealkylation sites (tertiary alicyclic amines) is 1. The number of aromatic nitrogens is 4. The monoisotopic (exact) mass is 559 g/mol. The number of fused-ring (bicyclic) bond motifs is 1. The Morgan fingerprint density at radius 2 is 1.68 bits per heavy atom. The number of para-hydroxylation sites is 2. The first-order valence-corrected chi connectivity index (χ1v) is 13.3. The molecule has 0 bridgehead atoms. The summed E-state index contributed by atoms with van der Waals surface area (Å²) in [6.45, 7) is 2.12. The van der Waals surface area contributed by atoms with Crippen LogP contribution in [-0.4, -0.2) is 56.7 Å². The summed E-state index contributed by atoms with van der Waals surface area (Å²) in [5.41, 5.74) is 3.03. The molecule has 11 heteroatoms. The highest BCUT2D eigenvalue weighted by Gasteiger charge is 2.30. The minimum atomic E-state index is -4.43. The molecule has 6 rings (SSSR count). The Morgan fingerprint density at radius 3 is 2.39 bits per heavy atom. The van der Waals surface area contributed by atoms with E-state index in [1.54, 1.807) is 22.8 Å². The van der Waals surface area contributed by atoms with Crippen molar-refractivity contribution in [3.63, 3.8) is 0 Å². The lowest BCUT2D eigenvalue weighted by molar-refractivity contribution is -0.137. The van der Waals surface area contributed by atoms with E-state index in [-0.39, 0.29) is 5.91 Å². The Bertz CT molecular complexity index is 1670. The van der Waals surface area contributed by atoms with E-state index >= 15 is 0 Å². The molecule has 8 nitrogen and oxygen atoms in total. The third kappa shape index (κ3) is 5.66. The Balaban J connectivity index is 1.21. The van der Waals surface area contributed by atoms with Crippen LogP contribution in [-0.2, 0) is 6.18 Å². The van der Waals surface area contributed by atoms with Crippen LogP contribution in [0, 0.1) is 0 Å². The van der Waals surface area contributed by atoms with E-state index in [0.29, 0.717) is 45.7 Å². The number of nitrogens with one attached hydrogen (secondary N) is 3. The number of alkyl halides is 3. The van der Waals surface area contributed by atoms with Crippen molar-refractivity contribution in [3.05, 3.63) is 90.0 Å². The molecule has 5 aromatic rings. The highest BCUT2D eigenvalue weighted by molar-refractivity contribution is 6.04. The van der Waals surface area contributed by atoms with Gasteiger partial charge in [-0.1, -0.05) is 12.1 Å². The van der Waals surface area contributed by atoms with Gasteiger partial charge in [0.2, 0.25) is 0 Å². The first kappa shape index (κ1) is 26.6. The summed E-state index contributed by atoms with van der Waals surface area (Å²) in [4.78, 5) is 19.9. The lowest BCUT2D eigenvalue weighted by Crippen LogP contribution is -2.36. The fourth-order valence-electron chi connectivity index (χ4n) is 5.06. The summed E-state index contributed by atoms with van der Waals surface area (Å²) >= 11 is 0. The van der Waals surface area contributed by atoms with Crippen LogP contribution in [0.4, 0.5) is 24.7 Å². The normalized spacial score (nSPS) is 14.8. The average Bonchev–Trinajstić information content (AvgIpc) is 3.59. The maximum atomic E-state index is 13.1. The molecule has 1 amide bonds. The zero-order valence-corrected chi connectivity index (χ0v) is 22.2. The largest absolute Gasteiger partial charge is 0.416 e. The molecule has 1 fully saturated rings. The van der Waals surface area contributed by atoms with Crippen LogP contribution in [0.25, 0.3) is 28.2 Å². The maximum absolute atomic E-state index is 13.1. The van der Waals surface area contributed by atoms with E-state index in [2.05, 4.69) is 37.8 Å². The fourth-order valence-corrected chi connectivity index (χ4v) is 5.06. The van der Waals surface area contributed by atoms with Gasteiger partial charge in [-0.25, -0.2) is 4.98 Å². The molecule has 2 aromatic heterocycles. The van der Waals surface area contributed by atoms with Gasteiger partial charge in [-0.15, -0.1) is 0 Å². The molecule has 0 aliphatic carbocycles. The minimum absolute atomic E-state index is 0.303. The number of imidazole rings is 1. The molecule has 210 valence electrons. The quantitative estimate of drug-likeness (QED) is 0.231. The van der Waals surface area contributed by atoms with Crippen molar-refractivity contribution in [1.82, 2.24) is 24.6 Å². The van der Waals surface area contributed by atoms with Crippen LogP contribution in [0.1, 0.15) is 28.8 Å². The van der Waals surface area contributed by atoms with Gasteiger partial charge in [-0.05, 0) is 93.6 Å². The van der Waals surface area contributed by atoms with Crippen LogP contribution in [0.15, 0.2) is 78.9 Å². The molecule has 41 heavy (non-hydrogen) atoms. The second-order valence-electron chi connectivity index (χ2n) is 10.2. The highest BCUT2D eigenvalue weighted by Crippen LogP contribution is 2.32. The molecule has 1 aliphatic heterocycles. The lowest BCUT2D eigenvalue weighted by atomic mass is 10.0. The fraction of sp³-hybridized carbons (Fsp3) is 0.233. The number of amides is 1. The van der Waals surface area contributed by atoms with Gasteiger partial charge in [0.15, 0.2) is 5.82 Å². The Hall–Kier alpha value is -4.64. The number of anilines is 2. The second kappa shape index (κ2) is 10.7. The molecule has 0 radical (unpaired) electrons. The van der Waals surface area contributed by atoms with Crippen molar-refractivity contribution in [1.29, 1.82) is 0 Å². The maximum Gasteiger partial charge on any atom is 0.416 e. The third-order valence-corrected chi connectivity index (χ3v) is 7.31. The van der Waals surface area contributed by atoms with E-state index < -0.39 is 11.7 Å². The number of piperidine rings is 1. The Labute approximate surface area is 234 Å². The smallest absolute Gasteiger partial charge is 0.382 e. The van der Waals surface area contributed by atoms with Gasteiger partial charge in [-0.2, -0.15) is 18.3 Å². The third-order valence-electron chi connectivity index (χ3n) is 7.31. The number of carbonyl (C=O) groups excluding carboxylic acids is 1. The average molecular weight is 560 g/mol. The number of aromatic amines is 1. The van der Waals surface area contributed by atoms with Crippen molar-refractivity contribution in [2.45, 2.75) is 25.1 Å². The van der Waals surface area contributed by atoms with Gasteiger partial charge in [0, 0.05) is 29.0 Å². The first-order valence-electron chi connectivity index (χ1n) is 13.3. The summed E-state index contributed by atoms with van der Waals surface area (Å²) < 4.78 is 41.2. The van der Waals surface area contributed by atoms with Gasteiger partial charge >= 0.3 is 6.18 Å². The standard InChI is InChI=1S/C30H28F3N7O/c1-39-16-14-22(15-17-39)34-21-10-6-19(7-11-21)29(41)36-27-18-25(37-38-27)28-35-24-4-2-3-5-26(24)40(28)23-12-8-20(9-13-23)30(31,32)33/h2-13,18,22,34H,14-17H2,1H3,(H2,36,37,38,41). The summed E-state index contributed by atoms with van der Waals surface area (Å²) in [5.74, 6) is 0.485. The lowest BCUT2D eigenvalue weighted by Gasteiger charge is -2.30. The van der Waals surface area contributed by atoms with E-state index in [0.717, 1.165) is 43.8 Å². The molecule has 3 aromatic carbocycles. The van der Waals surface area contributed by atoms with Crippen LogP contribution in [0.2, 0.25) is 0 Å². The predicted molar refractivity (Wildman–Crippen MR) is 152 cm³/mol. The molecule has 3 N–H and O–H groups in total. The van der Waals surface area contributed by atoms with Gasteiger partial charge in [-0.3, -0.25) is 14.5 Å². The van der Waals surface area contributed by atoms with E-state index in [9.17, 15) is 18.0 Å². The van der Waals surface area contributed by atoms with Gasteiger partial charge in [0.05, 0.1) is 16.6 Å². The molecule has 0 atom stereocenters. The number of rotatable bonds is 6.